The van der Waals surface area contributed by atoms with Crippen LogP contribution in [0.1, 0.15) is 39.3 Å². The number of benzene rings is 1. The molecule has 1 aliphatic rings. The van der Waals surface area contributed by atoms with Gasteiger partial charge in [0.25, 0.3) is 11.8 Å². The predicted octanol–water partition coefficient (Wildman–Crippen LogP) is 3.17. The standard InChI is InChI=1S/C18H16BrN3O3/c1-11-10-12(19)6-7-14(11)21-15(23)5-3-9-22-17(24)13-4-2-8-20-16(13)18(22)25/h2,4,6-8,10H,3,5,9H2,1H3,(H,21,23). The van der Waals surface area contributed by atoms with Gasteiger partial charge in [-0.1, -0.05) is 15.9 Å². The first-order valence-electron chi connectivity index (χ1n) is 7.84. The van der Waals surface area contributed by atoms with Crippen LogP contribution in [0, 0.1) is 6.92 Å². The van der Waals surface area contributed by atoms with E-state index in [2.05, 4.69) is 26.2 Å². The van der Waals surface area contributed by atoms with E-state index in [4.69, 9.17) is 0 Å². The lowest BCUT2D eigenvalue weighted by atomic mass is 10.2. The number of imide groups is 1. The van der Waals surface area contributed by atoms with Gasteiger partial charge in [0, 0.05) is 29.3 Å². The quantitative estimate of drug-likeness (QED) is 0.780. The van der Waals surface area contributed by atoms with Crippen LogP contribution in [0.4, 0.5) is 5.69 Å². The maximum Gasteiger partial charge on any atom is 0.280 e. The first-order chi connectivity index (χ1) is 12.0. The second kappa shape index (κ2) is 7.14. The smallest absolute Gasteiger partial charge is 0.280 e. The Hall–Kier alpha value is -2.54. The number of hydrogen-bond acceptors (Lipinski definition) is 4. The van der Waals surface area contributed by atoms with Crippen LogP contribution in [0.5, 0.6) is 0 Å². The van der Waals surface area contributed by atoms with Crippen molar-refractivity contribution >= 4 is 39.3 Å². The first kappa shape index (κ1) is 17.3. The Labute approximate surface area is 153 Å². The largest absolute Gasteiger partial charge is 0.326 e. The Morgan fingerprint density at radius 3 is 2.76 bits per heavy atom. The summed E-state index contributed by atoms with van der Waals surface area (Å²) >= 11 is 3.38. The summed E-state index contributed by atoms with van der Waals surface area (Å²) in [7, 11) is 0. The Kier molecular flexibility index (Phi) is 4.94. The molecule has 0 saturated carbocycles. The van der Waals surface area contributed by atoms with Crippen molar-refractivity contribution in [2.45, 2.75) is 19.8 Å². The summed E-state index contributed by atoms with van der Waals surface area (Å²) < 4.78 is 0.947. The predicted molar refractivity (Wildman–Crippen MR) is 96.3 cm³/mol. The molecule has 1 aromatic heterocycles. The molecule has 0 aliphatic carbocycles. The zero-order valence-corrected chi connectivity index (χ0v) is 15.2. The number of nitrogens with one attached hydrogen (secondary N) is 1. The fourth-order valence-corrected chi connectivity index (χ4v) is 3.17. The number of pyridine rings is 1. The molecular weight excluding hydrogens is 386 g/mol. The third kappa shape index (κ3) is 3.61. The van der Waals surface area contributed by atoms with E-state index >= 15 is 0 Å². The van der Waals surface area contributed by atoms with Gasteiger partial charge in [-0.15, -0.1) is 0 Å². The van der Waals surface area contributed by atoms with E-state index in [1.54, 1.807) is 12.1 Å². The molecule has 0 atom stereocenters. The number of rotatable bonds is 5. The summed E-state index contributed by atoms with van der Waals surface area (Å²) in [6.07, 6.45) is 2.10. The van der Waals surface area contributed by atoms with Gasteiger partial charge in [0.2, 0.25) is 5.91 Å². The van der Waals surface area contributed by atoms with Gasteiger partial charge < -0.3 is 5.32 Å². The minimum absolute atomic E-state index is 0.153. The molecule has 128 valence electrons. The highest BCUT2D eigenvalue weighted by molar-refractivity contribution is 9.10. The molecule has 0 unspecified atom stereocenters. The van der Waals surface area contributed by atoms with E-state index in [0.29, 0.717) is 12.0 Å². The summed E-state index contributed by atoms with van der Waals surface area (Å²) in [4.78, 5) is 41.6. The van der Waals surface area contributed by atoms with E-state index in [9.17, 15) is 14.4 Å². The monoisotopic (exact) mass is 401 g/mol. The van der Waals surface area contributed by atoms with Gasteiger partial charge in [-0.25, -0.2) is 0 Å². The number of fused-ring (bicyclic) bond motifs is 1. The lowest BCUT2D eigenvalue weighted by Gasteiger charge is -2.13. The van der Waals surface area contributed by atoms with E-state index in [1.807, 2.05) is 25.1 Å². The number of aryl methyl sites for hydroxylation is 1. The van der Waals surface area contributed by atoms with Gasteiger partial charge in [-0.2, -0.15) is 0 Å². The molecule has 1 aromatic carbocycles. The number of carbonyl (C=O) groups is 3. The lowest BCUT2D eigenvalue weighted by molar-refractivity contribution is -0.116. The van der Waals surface area contributed by atoms with Crippen molar-refractivity contribution < 1.29 is 14.4 Å². The molecule has 0 radical (unpaired) electrons. The number of halogens is 1. The second-order valence-corrected chi connectivity index (χ2v) is 6.69. The maximum absolute atomic E-state index is 12.2. The molecule has 1 aliphatic heterocycles. The normalized spacial score (nSPS) is 13.1. The third-order valence-electron chi connectivity index (χ3n) is 3.98. The highest BCUT2D eigenvalue weighted by atomic mass is 79.9. The molecule has 7 heteroatoms. The van der Waals surface area contributed by atoms with Crippen LogP contribution < -0.4 is 5.32 Å². The van der Waals surface area contributed by atoms with E-state index in [-0.39, 0.29) is 30.5 Å². The molecule has 3 rings (SSSR count). The molecule has 0 spiro atoms. The van der Waals surface area contributed by atoms with Gasteiger partial charge in [-0.3, -0.25) is 24.3 Å². The van der Waals surface area contributed by atoms with Crippen LogP contribution in [0.15, 0.2) is 41.0 Å². The highest BCUT2D eigenvalue weighted by Gasteiger charge is 2.36. The van der Waals surface area contributed by atoms with Gasteiger partial charge in [0.15, 0.2) is 0 Å². The van der Waals surface area contributed by atoms with Crippen LogP contribution >= 0.6 is 15.9 Å². The Morgan fingerprint density at radius 2 is 2.04 bits per heavy atom. The van der Waals surface area contributed by atoms with E-state index in [0.717, 1.165) is 20.6 Å². The lowest BCUT2D eigenvalue weighted by Crippen LogP contribution is -2.31. The topological polar surface area (TPSA) is 79.4 Å². The molecule has 2 aromatic rings. The number of anilines is 1. The highest BCUT2D eigenvalue weighted by Crippen LogP contribution is 2.22. The average molecular weight is 402 g/mol. The van der Waals surface area contributed by atoms with E-state index in [1.165, 1.54) is 6.20 Å². The summed E-state index contributed by atoms with van der Waals surface area (Å²) in [6, 6.07) is 8.82. The second-order valence-electron chi connectivity index (χ2n) is 5.77. The number of hydrogen-bond donors (Lipinski definition) is 1. The minimum atomic E-state index is -0.398. The summed E-state index contributed by atoms with van der Waals surface area (Å²) in [5.74, 6) is -0.901. The van der Waals surface area contributed by atoms with Gasteiger partial charge >= 0.3 is 0 Å². The van der Waals surface area contributed by atoms with Crippen LogP contribution in [0.25, 0.3) is 0 Å². The van der Waals surface area contributed by atoms with Crippen molar-refractivity contribution in [3.8, 4) is 0 Å². The molecular formula is C18H16BrN3O3. The fourth-order valence-electron chi connectivity index (χ4n) is 2.69. The Morgan fingerprint density at radius 1 is 1.24 bits per heavy atom. The summed E-state index contributed by atoms with van der Waals surface area (Å²) in [5.41, 5.74) is 2.21. The van der Waals surface area contributed by atoms with Crippen molar-refractivity contribution in [2.24, 2.45) is 0 Å². The average Bonchev–Trinajstić information content (AvgIpc) is 2.83. The third-order valence-corrected chi connectivity index (χ3v) is 4.47. The molecule has 0 bridgehead atoms. The summed E-state index contributed by atoms with van der Waals surface area (Å²) in [5, 5.41) is 2.84. The van der Waals surface area contributed by atoms with Gasteiger partial charge in [-0.05, 0) is 49.2 Å². The van der Waals surface area contributed by atoms with Gasteiger partial charge in [0.1, 0.15) is 5.69 Å². The molecule has 3 amide bonds. The Bertz CT molecular complexity index is 831. The molecule has 0 saturated heterocycles. The van der Waals surface area contributed by atoms with Crippen molar-refractivity contribution in [3.05, 3.63) is 57.8 Å². The van der Waals surface area contributed by atoms with Gasteiger partial charge in [0.05, 0.1) is 5.56 Å². The molecule has 1 N–H and O–H groups in total. The maximum atomic E-state index is 12.2. The first-order valence-corrected chi connectivity index (χ1v) is 8.64. The number of carbonyl (C=O) groups excluding carboxylic acids is 3. The van der Waals surface area contributed by atoms with Crippen LogP contribution in [-0.2, 0) is 4.79 Å². The van der Waals surface area contributed by atoms with Crippen LogP contribution in [0.2, 0.25) is 0 Å². The fraction of sp³-hybridized carbons (Fsp3) is 0.222. The van der Waals surface area contributed by atoms with E-state index < -0.39 is 5.91 Å². The minimum Gasteiger partial charge on any atom is -0.326 e. The van der Waals surface area contributed by atoms with Crippen LogP contribution in [-0.4, -0.2) is 34.2 Å². The SMILES string of the molecule is Cc1cc(Br)ccc1NC(=O)CCCN1C(=O)c2cccnc2C1=O. The Balaban J connectivity index is 1.54. The van der Waals surface area contributed by atoms with Crippen molar-refractivity contribution in [1.82, 2.24) is 9.88 Å². The number of amides is 3. The number of aromatic nitrogens is 1. The van der Waals surface area contributed by atoms with Crippen molar-refractivity contribution in [1.29, 1.82) is 0 Å². The number of nitrogens with zero attached hydrogens (tertiary/aromatic N) is 2. The van der Waals surface area contributed by atoms with Crippen molar-refractivity contribution in [2.75, 3.05) is 11.9 Å². The molecule has 25 heavy (non-hydrogen) atoms. The summed E-state index contributed by atoms with van der Waals surface area (Å²) in [6.45, 7) is 2.10. The molecule has 6 nitrogen and oxygen atoms in total. The zero-order chi connectivity index (χ0) is 18.0. The molecule has 2 heterocycles. The molecule has 0 fully saturated rings. The zero-order valence-electron chi connectivity index (χ0n) is 13.6. The van der Waals surface area contributed by atoms with Crippen molar-refractivity contribution in [3.63, 3.8) is 0 Å². The van der Waals surface area contributed by atoms with Crippen LogP contribution in [0.3, 0.4) is 0 Å².